The molecule has 0 radical (unpaired) electrons. The molecule has 0 saturated carbocycles. The van der Waals surface area contributed by atoms with E-state index in [9.17, 15) is 0 Å². The molecule has 0 fully saturated rings. The molecule has 0 rings (SSSR count). The number of unbranched alkanes of at least 4 members (excludes halogenated alkanes) is 1. The summed E-state index contributed by atoms with van der Waals surface area (Å²) in [5.41, 5.74) is 2.22. The molecule has 0 heterocycles. The van der Waals surface area contributed by atoms with Crippen LogP contribution in [0.1, 0.15) is 19.8 Å². The predicted molar refractivity (Wildman–Crippen MR) is 61.2 cm³/mol. The van der Waals surface area contributed by atoms with Crippen molar-refractivity contribution in [1.29, 1.82) is 0 Å². The minimum absolute atomic E-state index is 0.831. The lowest BCUT2D eigenvalue weighted by Gasteiger charge is -2.11. The summed E-state index contributed by atoms with van der Waals surface area (Å²) in [5, 5.41) is 0. The van der Waals surface area contributed by atoms with Crippen LogP contribution in [-0.4, -0.2) is 14.7 Å². The summed E-state index contributed by atoms with van der Waals surface area (Å²) >= 11 is 3.42. The molecular formula is C9H19BrOSi. The molecule has 0 aliphatic carbocycles. The number of ether oxygens (including phenoxy) is 1. The van der Waals surface area contributed by atoms with Gasteiger partial charge in [-0.05, 0) is 28.1 Å². The van der Waals surface area contributed by atoms with Gasteiger partial charge in [0.15, 0.2) is 4.67 Å². The van der Waals surface area contributed by atoms with Crippen LogP contribution in [0.15, 0.2) is 10.4 Å². The molecule has 0 N–H and O–H groups in total. The lowest BCUT2D eigenvalue weighted by molar-refractivity contribution is 0.236. The van der Waals surface area contributed by atoms with Crippen molar-refractivity contribution in [2.24, 2.45) is 0 Å². The smallest absolute Gasteiger partial charge is 0.154 e. The van der Waals surface area contributed by atoms with Gasteiger partial charge in [0, 0.05) is 0 Å². The van der Waals surface area contributed by atoms with Gasteiger partial charge in [0.05, 0.1) is 14.7 Å². The molecule has 0 amide bonds. The van der Waals surface area contributed by atoms with E-state index in [0.29, 0.717) is 0 Å². The Morgan fingerprint density at radius 2 is 2.00 bits per heavy atom. The van der Waals surface area contributed by atoms with Gasteiger partial charge in [-0.15, -0.1) is 0 Å². The fraction of sp³-hybridized carbons (Fsp3) is 0.778. The van der Waals surface area contributed by atoms with E-state index in [0.717, 1.165) is 17.7 Å². The van der Waals surface area contributed by atoms with E-state index in [2.05, 4.69) is 48.2 Å². The summed E-state index contributed by atoms with van der Waals surface area (Å²) in [5.74, 6) is 0. The standard InChI is InChI=1S/C9H19BrOSi/c1-5-6-7-11-9(10)8-12(2,3)4/h8H,5-7H2,1-4H3/b9-8+. The van der Waals surface area contributed by atoms with Crippen molar-refractivity contribution >= 4 is 24.0 Å². The van der Waals surface area contributed by atoms with Crippen LogP contribution in [0.25, 0.3) is 0 Å². The highest BCUT2D eigenvalue weighted by molar-refractivity contribution is 9.11. The van der Waals surface area contributed by atoms with Gasteiger partial charge in [0.2, 0.25) is 0 Å². The molecule has 0 spiro atoms. The van der Waals surface area contributed by atoms with Gasteiger partial charge in [-0.25, -0.2) is 0 Å². The third-order valence-electron chi connectivity index (χ3n) is 1.28. The Kier molecular flexibility index (Phi) is 5.92. The first-order valence-electron chi connectivity index (χ1n) is 4.47. The molecule has 0 atom stereocenters. The maximum absolute atomic E-state index is 5.47. The summed E-state index contributed by atoms with van der Waals surface area (Å²) in [7, 11) is -1.11. The molecule has 12 heavy (non-hydrogen) atoms. The molecule has 0 aliphatic heterocycles. The normalized spacial score (nSPS) is 13.2. The zero-order chi connectivity index (χ0) is 9.61. The van der Waals surface area contributed by atoms with Gasteiger partial charge >= 0.3 is 0 Å². The van der Waals surface area contributed by atoms with Crippen molar-refractivity contribution in [2.45, 2.75) is 39.4 Å². The van der Waals surface area contributed by atoms with Crippen molar-refractivity contribution in [3.05, 3.63) is 10.4 Å². The summed E-state index contributed by atoms with van der Waals surface area (Å²) in [6, 6.07) is 0. The van der Waals surface area contributed by atoms with Crippen molar-refractivity contribution in [2.75, 3.05) is 6.61 Å². The molecule has 0 aromatic carbocycles. The largest absolute Gasteiger partial charge is 0.488 e. The monoisotopic (exact) mass is 250 g/mol. The molecular weight excluding hydrogens is 232 g/mol. The van der Waals surface area contributed by atoms with Gasteiger partial charge in [-0.3, -0.25) is 0 Å². The molecule has 0 aromatic heterocycles. The Morgan fingerprint density at radius 3 is 2.42 bits per heavy atom. The van der Waals surface area contributed by atoms with Crippen LogP contribution in [0.2, 0.25) is 19.6 Å². The van der Waals surface area contributed by atoms with E-state index in [1.165, 1.54) is 6.42 Å². The van der Waals surface area contributed by atoms with Crippen LogP contribution in [0.3, 0.4) is 0 Å². The van der Waals surface area contributed by atoms with E-state index in [1.54, 1.807) is 0 Å². The van der Waals surface area contributed by atoms with E-state index < -0.39 is 8.07 Å². The highest BCUT2D eigenvalue weighted by Crippen LogP contribution is 2.13. The molecule has 72 valence electrons. The quantitative estimate of drug-likeness (QED) is 0.409. The zero-order valence-corrected chi connectivity index (χ0v) is 11.1. The number of rotatable bonds is 5. The lowest BCUT2D eigenvalue weighted by Crippen LogP contribution is -2.16. The fourth-order valence-corrected chi connectivity index (χ4v) is 3.68. The third kappa shape index (κ3) is 8.33. The van der Waals surface area contributed by atoms with E-state index in [1.807, 2.05) is 0 Å². The highest BCUT2D eigenvalue weighted by atomic mass is 79.9. The average molecular weight is 251 g/mol. The van der Waals surface area contributed by atoms with Gasteiger partial charge in [-0.2, -0.15) is 0 Å². The SMILES string of the molecule is CCCCO/C(Br)=C/[Si](C)(C)C. The second-order valence-corrected chi connectivity index (χ2v) is 9.82. The Morgan fingerprint density at radius 1 is 1.42 bits per heavy atom. The lowest BCUT2D eigenvalue weighted by atomic mass is 10.4. The predicted octanol–water partition coefficient (Wildman–Crippen LogP) is 3.92. The molecule has 0 unspecified atom stereocenters. The number of hydrogen-bond acceptors (Lipinski definition) is 1. The van der Waals surface area contributed by atoms with E-state index >= 15 is 0 Å². The second-order valence-electron chi connectivity index (χ2n) is 4.02. The Labute approximate surface area is 85.3 Å². The maximum atomic E-state index is 5.47. The molecule has 1 nitrogen and oxygen atoms in total. The fourth-order valence-electron chi connectivity index (χ4n) is 0.696. The molecule has 0 aliphatic rings. The first-order valence-corrected chi connectivity index (χ1v) is 8.84. The van der Waals surface area contributed by atoms with E-state index in [-0.39, 0.29) is 0 Å². The summed E-state index contributed by atoms with van der Waals surface area (Å²) in [4.78, 5) is 0. The summed E-state index contributed by atoms with van der Waals surface area (Å²) in [6.07, 6.45) is 2.32. The van der Waals surface area contributed by atoms with Gasteiger partial charge in [0.1, 0.15) is 0 Å². The minimum atomic E-state index is -1.11. The highest BCUT2D eigenvalue weighted by Gasteiger charge is 2.10. The Hall–Kier alpha value is 0.237. The van der Waals surface area contributed by atoms with Crippen LogP contribution in [-0.2, 0) is 4.74 Å². The second kappa shape index (κ2) is 5.81. The van der Waals surface area contributed by atoms with Crippen molar-refractivity contribution in [3.63, 3.8) is 0 Å². The number of hydrogen-bond donors (Lipinski definition) is 0. The summed E-state index contributed by atoms with van der Waals surface area (Å²) in [6.45, 7) is 9.86. The molecule has 0 aromatic rings. The van der Waals surface area contributed by atoms with Gasteiger partial charge in [0.25, 0.3) is 0 Å². The van der Waals surface area contributed by atoms with Crippen LogP contribution in [0.5, 0.6) is 0 Å². The average Bonchev–Trinajstić information content (AvgIpc) is 1.84. The van der Waals surface area contributed by atoms with Crippen molar-refractivity contribution in [1.82, 2.24) is 0 Å². The maximum Gasteiger partial charge on any atom is 0.154 e. The number of halogens is 1. The van der Waals surface area contributed by atoms with E-state index in [4.69, 9.17) is 4.74 Å². The minimum Gasteiger partial charge on any atom is -0.488 e. The molecule has 3 heteroatoms. The molecule has 0 saturated heterocycles. The van der Waals surface area contributed by atoms with Crippen LogP contribution in [0, 0.1) is 0 Å². The Balaban J connectivity index is 3.71. The summed E-state index contributed by atoms with van der Waals surface area (Å²) < 4.78 is 6.40. The first kappa shape index (κ1) is 12.2. The van der Waals surface area contributed by atoms with Crippen LogP contribution >= 0.6 is 15.9 Å². The molecule has 0 bridgehead atoms. The first-order chi connectivity index (χ1) is 5.45. The van der Waals surface area contributed by atoms with Crippen LogP contribution < -0.4 is 0 Å². The Bertz CT molecular complexity index is 149. The van der Waals surface area contributed by atoms with Crippen molar-refractivity contribution in [3.8, 4) is 0 Å². The third-order valence-corrected chi connectivity index (χ3v) is 3.29. The van der Waals surface area contributed by atoms with Gasteiger partial charge < -0.3 is 4.74 Å². The zero-order valence-electron chi connectivity index (χ0n) is 8.48. The van der Waals surface area contributed by atoms with Crippen molar-refractivity contribution < 1.29 is 4.74 Å². The van der Waals surface area contributed by atoms with Crippen LogP contribution in [0.4, 0.5) is 0 Å². The topological polar surface area (TPSA) is 9.23 Å². The van der Waals surface area contributed by atoms with Gasteiger partial charge in [-0.1, -0.05) is 33.0 Å².